The van der Waals surface area contributed by atoms with Crippen molar-refractivity contribution in [2.24, 2.45) is 21.9 Å². The molecular weight excluding hydrogens is 463 g/mol. The molecule has 36 heavy (non-hydrogen) atoms. The molecule has 2 fully saturated rings. The molecule has 4 N–H and O–H groups in total. The number of nitrogens with zero attached hydrogens (tertiary/aromatic N) is 5. The Hall–Kier alpha value is -3.08. The van der Waals surface area contributed by atoms with Crippen LogP contribution in [0.15, 0.2) is 28.5 Å². The van der Waals surface area contributed by atoms with E-state index < -0.39 is 0 Å². The lowest BCUT2D eigenvalue weighted by molar-refractivity contribution is -0.119. The van der Waals surface area contributed by atoms with Gasteiger partial charge < -0.3 is 25.7 Å². The van der Waals surface area contributed by atoms with Crippen LogP contribution in [0.25, 0.3) is 0 Å². The molecule has 4 rings (SSSR count). The van der Waals surface area contributed by atoms with Crippen LogP contribution in [0.4, 0.5) is 10.1 Å². The number of hydrogen-bond acceptors (Lipinski definition) is 7. The lowest BCUT2D eigenvalue weighted by atomic mass is 9.94. The van der Waals surface area contributed by atoms with Gasteiger partial charge in [-0.1, -0.05) is 31.5 Å². The highest BCUT2D eigenvalue weighted by Gasteiger charge is 2.27. The number of amides is 1. The van der Waals surface area contributed by atoms with Gasteiger partial charge in [0.2, 0.25) is 11.9 Å². The molecule has 3 aliphatic heterocycles. The molecule has 1 aromatic rings. The van der Waals surface area contributed by atoms with Crippen LogP contribution in [0.3, 0.4) is 0 Å². The summed E-state index contributed by atoms with van der Waals surface area (Å²) in [6.45, 7) is 9.91. The molecule has 2 atom stereocenters. The highest BCUT2D eigenvalue weighted by molar-refractivity contribution is 6.01. The maximum atomic E-state index is 15.1. The first-order valence-corrected chi connectivity index (χ1v) is 12.9. The molecule has 11 heteroatoms. The quantitative estimate of drug-likeness (QED) is 0.296. The third-order valence-corrected chi connectivity index (χ3v) is 7.15. The zero-order valence-corrected chi connectivity index (χ0v) is 21.5. The molecule has 198 valence electrons. The van der Waals surface area contributed by atoms with Gasteiger partial charge in [0.05, 0.1) is 17.9 Å². The van der Waals surface area contributed by atoms with Crippen LogP contribution in [0, 0.1) is 11.7 Å². The van der Waals surface area contributed by atoms with Gasteiger partial charge in [-0.25, -0.2) is 14.9 Å². The summed E-state index contributed by atoms with van der Waals surface area (Å²) in [5.41, 5.74) is 11.4. The number of halogens is 1. The summed E-state index contributed by atoms with van der Waals surface area (Å²) in [4.78, 5) is 20.5. The Morgan fingerprint density at radius 3 is 2.72 bits per heavy atom. The number of oxime groups is 1. The summed E-state index contributed by atoms with van der Waals surface area (Å²) >= 11 is 0. The molecule has 0 bridgehead atoms. The van der Waals surface area contributed by atoms with E-state index in [0.29, 0.717) is 74.0 Å². The number of hydrogen-bond donors (Lipinski definition) is 3. The lowest BCUT2D eigenvalue weighted by Gasteiger charge is -2.38. The molecule has 0 spiro atoms. The zero-order chi connectivity index (χ0) is 25.7. The summed E-state index contributed by atoms with van der Waals surface area (Å²) in [5.74, 6) is 0.611. The zero-order valence-electron chi connectivity index (χ0n) is 21.5. The van der Waals surface area contributed by atoms with Crippen LogP contribution in [0.5, 0.6) is 0 Å². The SMILES string of the molecule is CC(=O)NCC1CC(c2ccc(N3CCN(/C(N)=N/NN4CCCCC4C(C)C)CC3)c(F)c2)=NO1. The Bertz CT molecular complexity index is 977. The second-order valence-corrected chi connectivity index (χ2v) is 10.1. The fraction of sp³-hybridized carbons (Fsp3) is 0.640. The Morgan fingerprint density at radius 2 is 2.03 bits per heavy atom. The van der Waals surface area contributed by atoms with Crippen molar-refractivity contribution in [1.29, 1.82) is 0 Å². The third-order valence-electron chi connectivity index (χ3n) is 7.15. The van der Waals surface area contributed by atoms with Crippen molar-refractivity contribution in [2.45, 2.75) is 58.6 Å². The molecule has 10 nitrogen and oxygen atoms in total. The van der Waals surface area contributed by atoms with Gasteiger partial charge in [-0.2, -0.15) is 0 Å². The molecule has 1 aromatic carbocycles. The molecule has 0 aromatic heterocycles. The van der Waals surface area contributed by atoms with E-state index in [-0.39, 0.29) is 17.8 Å². The maximum absolute atomic E-state index is 15.1. The first-order chi connectivity index (χ1) is 17.3. The number of nitrogens with two attached hydrogens (primary N) is 1. The number of anilines is 1. The number of hydrazone groups is 1. The number of hydrazine groups is 1. The second kappa shape index (κ2) is 11.8. The van der Waals surface area contributed by atoms with Crippen molar-refractivity contribution in [3.63, 3.8) is 0 Å². The number of benzene rings is 1. The Labute approximate surface area is 212 Å². The molecule has 2 unspecified atom stereocenters. The molecular formula is C25H39FN8O2. The van der Waals surface area contributed by atoms with Crippen molar-refractivity contribution in [3.05, 3.63) is 29.6 Å². The van der Waals surface area contributed by atoms with Crippen LogP contribution in [-0.2, 0) is 9.63 Å². The fourth-order valence-electron chi connectivity index (χ4n) is 5.05. The number of piperazine rings is 1. The van der Waals surface area contributed by atoms with Crippen LogP contribution in [0.1, 0.15) is 52.0 Å². The molecule has 0 aliphatic carbocycles. The highest BCUT2D eigenvalue weighted by atomic mass is 19.1. The van der Waals surface area contributed by atoms with Gasteiger partial charge in [0, 0.05) is 57.7 Å². The van der Waals surface area contributed by atoms with Crippen LogP contribution >= 0.6 is 0 Å². The summed E-state index contributed by atoms with van der Waals surface area (Å²) in [6, 6.07) is 5.64. The van der Waals surface area contributed by atoms with Gasteiger partial charge in [0.1, 0.15) is 11.9 Å². The third kappa shape index (κ3) is 6.37. The van der Waals surface area contributed by atoms with Gasteiger partial charge in [-0.3, -0.25) is 4.79 Å². The standard InChI is InChI=1S/C25H39FN8O2/c1-17(2)23-6-4-5-9-34(23)31-29-25(27)33-12-10-32(11-13-33)24-8-7-19(14-21(24)26)22-15-20(36-30-22)16-28-18(3)35/h7-8,14,17,20,23,31H,4-6,9-13,15-16H2,1-3H3,(H2,27,29)(H,28,35). The van der Waals surface area contributed by atoms with Crippen molar-refractivity contribution >= 4 is 23.3 Å². The average molecular weight is 503 g/mol. The first kappa shape index (κ1) is 26.0. The minimum Gasteiger partial charge on any atom is -0.390 e. The summed E-state index contributed by atoms with van der Waals surface area (Å²) in [7, 11) is 0. The van der Waals surface area contributed by atoms with Gasteiger partial charge in [-0.05, 0) is 30.9 Å². The van der Waals surface area contributed by atoms with E-state index in [2.05, 4.69) is 40.0 Å². The summed E-state index contributed by atoms with van der Waals surface area (Å²) < 4.78 is 15.1. The number of piperidine rings is 1. The van der Waals surface area contributed by atoms with E-state index in [1.807, 2.05) is 15.9 Å². The van der Waals surface area contributed by atoms with Crippen molar-refractivity contribution in [3.8, 4) is 0 Å². The van der Waals surface area contributed by atoms with Crippen molar-refractivity contribution in [1.82, 2.24) is 20.8 Å². The minimum atomic E-state index is -0.290. The van der Waals surface area contributed by atoms with E-state index >= 15 is 4.39 Å². The molecule has 2 saturated heterocycles. The van der Waals surface area contributed by atoms with E-state index in [1.165, 1.54) is 25.8 Å². The molecule has 0 radical (unpaired) electrons. The molecule has 3 aliphatic rings. The normalized spacial score (nSPS) is 23.5. The summed E-state index contributed by atoms with van der Waals surface area (Å²) in [5, 5.41) is 13.5. The second-order valence-electron chi connectivity index (χ2n) is 10.1. The Morgan fingerprint density at radius 1 is 1.25 bits per heavy atom. The van der Waals surface area contributed by atoms with Crippen LogP contribution < -0.4 is 21.5 Å². The fourth-order valence-corrected chi connectivity index (χ4v) is 5.05. The number of carbonyl (C=O) groups excluding carboxylic acids is 1. The largest absolute Gasteiger partial charge is 0.390 e. The predicted octanol–water partition coefficient (Wildman–Crippen LogP) is 1.82. The van der Waals surface area contributed by atoms with E-state index in [1.54, 1.807) is 6.07 Å². The van der Waals surface area contributed by atoms with Crippen molar-refractivity contribution < 1.29 is 14.0 Å². The number of nitrogens with one attached hydrogen (secondary N) is 2. The number of carbonyl (C=O) groups is 1. The maximum Gasteiger partial charge on any atom is 0.217 e. The van der Waals surface area contributed by atoms with E-state index in [9.17, 15) is 4.79 Å². The predicted molar refractivity (Wildman–Crippen MR) is 139 cm³/mol. The highest BCUT2D eigenvalue weighted by Crippen LogP contribution is 2.25. The van der Waals surface area contributed by atoms with Gasteiger partial charge >= 0.3 is 0 Å². The first-order valence-electron chi connectivity index (χ1n) is 12.9. The van der Waals surface area contributed by atoms with Gasteiger partial charge in [0.15, 0.2) is 0 Å². The number of rotatable bonds is 7. The minimum absolute atomic E-state index is 0.117. The molecule has 0 saturated carbocycles. The lowest BCUT2D eigenvalue weighted by Crippen LogP contribution is -2.53. The van der Waals surface area contributed by atoms with E-state index in [4.69, 9.17) is 10.6 Å². The smallest absolute Gasteiger partial charge is 0.217 e. The average Bonchev–Trinajstić information content (AvgIpc) is 3.35. The Balaban J connectivity index is 1.29. The monoisotopic (exact) mass is 502 g/mol. The molecule has 3 heterocycles. The summed E-state index contributed by atoms with van der Waals surface area (Å²) in [6.07, 6.45) is 3.88. The van der Waals surface area contributed by atoms with Crippen LogP contribution in [-0.4, -0.2) is 78.9 Å². The van der Waals surface area contributed by atoms with Gasteiger partial charge in [0.25, 0.3) is 0 Å². The van der Waals surface area contributed by atoms with Crippen LogP contribution in [0.2, 0.25) is 0 Å². The van der Waals surface area contributed by atoms with Gasteiger partial charge in [-0.15, -0.1) is 5.10 Å². The molecule has 1 amide bonds. The Kier molecular flexibility index (Phi) is 8.50. The van der Waals surface area contributed by atoms with E-state index in [0.717, 1.165) is 13.0 Å². The number of guanidine groups is 1. The van der Waals surface area contributed by atoms with Crippen molar-refractivity contribution in [2.75, 3.05) is 44.2 Å². The topological polar surface area (TPSA) is 111 Å².